The van der Waals surface area contributed by atoms with Crippen LogP contribution in [0.15, 0.2) is 42.5 Å². The van der Waals surface area contributed by atoms with Crippen LogP contribution in [0.2, 0.25) is 0 Å². The summed E-state index contributed by atoms with van der Waals surface area (Å²) in [5.74, 6) is 0.262. The predicted molar refractivity (Wildman–Crippen MR) is 119 cm³/mol. The van der Waals surface area contributed by atoms with Crippen LogP contribution in [0.3, 0.4) is 0 Å². The third kappa shape index (κ3) is 3.08. The molecule has 2 aliphatic heterocycles. The van der Waals surface area contributed by atoms with Gasteiger partial charge in [-0.1, -0.05) is 31.2 Å². The average Bonchev–Trinajstić information content (AvgIpc) is 2.73. The fraction of sp³-hybridized carbons (Fsp3) is 0.391. The fourth-order valence-corrected chi connectivity index (χ4v) is 4.81. The van der Waals surface area contributed by atoms with Gasteiger partial charge in [-0.15, -0.1) is 0 Å². The van der Waals surface area contributed by atoms with Gasteiger partial charge in [-0.2, -0.15) is 0 Å². The smallest absolute Gasteiger partial charge is 0.317 e. The Morgan fingerprint density at radius 2 is 1.97 bits per heavy atom. The van der Waals surface area contributed by atoms with Crippen molar-refractivity contribution in [3.8, 4) is 11.5 Å². The molecule has 7 heteroatoms. The van der Waals surface area contributed by atoms with Crippen molar-refractivity contribution in [1.29, 1.82) is 0 Å². The standard InChI is InChI=1S/C23H26N2O4S/c1-5-14-10-12-15(13-11-14)25-22(30)24-19-16-8-7-9-17(27-4)20(16)29-23(25,3)18(19)21(26)28-6-2/h7-13,18-19H,5-6H2,1-4H3,(H,24,30)/t18-,19+,23-/m0/s1. The van der Waals surface area contributed by atoms with E-state index >= 15 is 0 Å². The Balaban J connectivity index is 1.89. The number of carbonyl (C=O) groups excluding carboxylic acids is 1. The molecule has 0 radical (unpaired) electrons. The molecule has 1 fully saturated rings. The molecule has 2 bridgehead atoms. The molecule has 2 aromatic rings. The highest BCUT2D eigenvalue weighted by Crippen LogP contribution is 2.52. The van der Waals surface area contributed by atoms with Crippen molar-refractivity contribution < 1.29 is 19.0 Å². The lowest BCUT2D eigenvalue weighted by molar-refractivity contribution is -0.159. The first-order valence-electron chi connectivity index (χ1n) is 10.2. The molecule has 4 rings (SSSR count). The summed E-state index contributed by atoms with van der Waals surface area (Å²) in [5, 5.41) is 3.87. The molecule has 30 heavy (non-hydrogen) atoms. The second-order valence-corrected chi connectivity index (χ2v) is 7.93. The second kappa shape index (κ2) is 7.80. The highest BCUT2D eigenvalue weighted by molar-refractivity contribution is 7.80. The lowest BCUT2D eigenvalue weighted by Gasteiger charge is -2.55. The average molecular weight is 427 g/mol. The SMILES string of the molecule is CCOC(=O)[C@@H]1[C@@H]2NC(=S)N(c3ccc(CC)cc3)[C@@]1(C)Oc1c(OC)cccc12. The van der Waals surface area contributed by atoms with Gasteiger partial charge in [-0.05, 0) is 56.2 Å². The number of methoxy groups -OCH3 is 1. The number of para-hydroxylation sites is 1. The summed E-state index contributed by atoms with van der Waals surface area (Å²) < 4.78 is 17.6. The molecule has 6 nitrogen and oxygen atoms in total. The molecule has 1 saturated heterocycles. The van der Waals surface area contributed by atoms with E-state index in [4.69, 9.17) is 26.4 Å². The molecule has 2 heterocycles. The summed E-state index contributed by atoms with van der Waals surface area (Å²) >= 11 is 5.74. The van der Waals surface area contributed by atoms with Crippen LogP contribution in [-0.2, 0) is 16.0 Å². The zero-order valence-electron chi connectivity index (χ0n) is 17.6. The maximum absolute atomic E-state index is 13.1. The van der Waals surface area contributed by atoms with Crippen LogP contribution >= 0.6 is 12.2 Å². The summed E-state index contributed by atoms with van der Waals surface area (Å²) in [6.07, 6.45) is 0.939. The number of carbonyl (C=O) groups is 1. The third-order valence-corrected chi connectivity index (χ3v) is 6.15. The van der Waals surface area contributed by atoms with E-state index in [1.807, 2.05) is 42.2 Å². The monoisotopic (exact) mass is 426 g/mol. The number of nitrogens with one attached hydrogen (secondary N) is 1. The van der Waals surface area contributed by atoms with Crippen molar-refractivity contribution in [3.05, 3.63) is 53.6 Å². The Morgan fingerprint density at radius 3 is 2.60 bits per heavy atom. The fourth-order valence-electron chi connectivity index (χ4n) is 4.39. The molecule has 1 N–H and O–H groups in total. The van der Waals surface area contributed by atoms with Gasteiger partial charge in [0.15, 0.2) is 16.6 Å². The van der Waals surface area contributed by atoms with Crippen molar-refractivity contribution >= 4 is 29.0 Å². The van der Waals surface area contributed by atoms with Crippen molar-refractivity contribution in [2.75, 3.05) is 18.6 Å². The Labute approximate surface area is 182 Å². The van der Waals surface area contributed by atoms with Crippen LogP contribution in [0.1, 0.15) is 37.9 Å². The first-order chi connectivity index (χ1) is 14.4. The van der Waals surface area contributed by atoms with Crippen LogP contribution in [0, 0.1) is 5.92 Å². The molecule has 0 unspecified atom stereocenters. The van der Waals surface area contributed by atoms with Gasteiger partial charge >= 0.3 is 5.97 Å². The number of ether oxygens (including phenoxy) is 3. The number of hydrogen-bond acceptors (Lipinski definition) is 5. The van der Waals surface area contributed by atoms with Gasteiger partial charge < -0.3 is 19.5 Å². The number of esters is 1. The lowest BCUT2D eigenvalue weighted by atomic mass is 9.79. The molecular formula is C23H26N2O4S. The van der Waals surface area contributed by atoms with E-state index in [9.17, 15) is 4.79 Å². The number of fused-ring (bicyclic) bond motifs is 4. The zero-order valence-corrected chi connectivity index (χ0v) is 18.4. The summed E-state index contributed by atoms with van der Waals surface area (Å²) in [6.45, 7) is 6.09. The van der Waals surface area contributed by atoms with Crippen molar-refractivity contribution in [2.45, 2.75) is 39.0 Å². The largest absolute Gasteiger partial charge is 0.493 e. The molecule has 2 aliphatic rings. The van der Waals surface area contributed by atoms with E-state index in [1.54, 1.807) is 14.0 Å². The molecule has 0 saturated carbocycles. The number of rotatable bonds is 5. The molecule has 0 aromatic heterocycles. The third-order valence-electron chi connectivity index (χ3n) is 5.85. The minimum atomic E-state index is -1.09. The maximum Gasteiger partial charge on any atom is 0.317 e. The molecule has 3 atom stereocenters. The van der Waals surface area contributed by atoms with E-state index in [0.29, 0.717) is 23.2 Å². The van der Waals surface area contributed by atoms with E-state index < -0.39 is 11.6 Å². The van der Waals surface area contributed by atoms with Gasteiger partial charge in [0.2, 0.25) is 5.72 Å². The molecule has 158 valence electrons. The normalized spacial score (nSPS) is 24.4. The number of aryl methyl sites for hydroxylation is 1. The molecule has 0 aliphatic carbocycles. The van der Waals surface area contributed by atoms with Crippen LogP contribution in [-0.4, -0.2) is 30.5 Å². The zero-order chi connectivity index (χ0) is 21.5. The lowest BCUT2D eigenvalue weighted by Crippen LogP contribution is -2.71. The number of benzene rings is 2. The molecule has 0 spiro atoms. The van der Waals surface area contributed by atoms with E-state index in [-0.39, 0.29) is 12.0 Å². The van der Waals surface area contributed by atoms with Gasteiger partial charge in [0.05, 0.1) is 19.8 Å². The van der Waals surface area contributed by atoms with Crippen LogP contribution in [0.4, 0.5) is 5.69 Å². The van der Waals surface area contributed by atoms with E-state index in [2.05, 4.69) is 24.4 Å². The minimum absolute atomic E-state index is 0.290. The summed E-state index contributed by atoms with van der Waals surface area (Å²) in [6, 6.07) is 13.4. The van der Waals surface area contributed by atoms with Gasteiger partial charge in [-0.25, -0.2) is 0 Å². The molecule has 0 amide bonds. The van der Waals surface area contributed by atoms with Crippen LogP contribution < -0.4 is 19.7 Å². The minimum Gasteiger partial charge on any atom is -0.493 e. The summed E-state index contributed by atoms with van der Waals surface area (Å²) in [7, 11) is 1.60. The van der Waals surface area contributed by atoms with E-state index in [1.165, 1.54) is 5.56 Å². The first kappa shape index (κ1) is 20.5. The topological polar surface area (TPSA) is 60.0 Å². The molecular weight excluding hydrogens is 400 g/mol. The maximum atomic E-state index is 13.1. The van der Waals surface area contributed by atoms with E-state index in [0.717, 1.165) is 17.7 Å². The second-order valence-electron chi connectivity index (χ2n) is 7.55. The quantitative estimate of drug-likeness (QED) is 0.573. The van der Waals surface area contributed by atoms with Crippen LogP contribution in [0.25, 0.3) is 0 Å². The van der Waals surface area contributed by atoms with Gasteiger partial charge in [0.1, 0.15) is 5.92 Å². The highest BCUT2D eigenvalue weighted by atomic mass is 32.1. The Bertz CT molecular complexity index is 978. The number of thiocarbonyl (C=S) groups is 1. The Kier molecular flexibility index (Phi) is 5.32. The van der Waals surface area contributed by atoms with Gasteiger partial charge in [-0.3, -0.25) is 9.69 Å². The predicted octanol–water partition coefficient (Wildman–Crippen LogP) is 3.98. The molecule has 2 aromatic carbocycles. The number of nitrogens with zero attached hydrogens (tertiary/aromatic N) is 1. The number of hydrogen-bond donors (Lipinski definition) is 1. The summed E-state index contributed by atoms with van der Waals surface area (Å²) in [4.78, 5) is 15.0. The van der Waals surface area contributed by atoms with Crippen molar-refractivity contribution in [3.63, 3.8) is 0 Å². The van der Waals surface area contributed by atoms with Gasteiger partial charge in [0.25, 0.3) is 0 Å². The van der Waals surface area contributed by atoms with Crippen molar-refractivity contribution in [1.82, 2.24) is 5.32 Å². The number of anilines is 1. The van der Waals surface area contributed by atoms with Gasteiger partial charge in [0, 0.05) is 11.3 Å². The summed E-state index contributed by atoms with van der Waals surface area (Å²) in [5.41, 5.74) is 1.80. The Morgan fingerprint density at radius 1 is 1.23 bits per heavy atom. The van der Waals surface area contributed by atoms with Crippen molar-refractivity contribution in [2.24, 2.45) is 5.92 Å². The van der Waals surface area contributed by atoms with Crippen LogP contribution in [0.5, 0.6) is 11.5 Å². The Hall–Kier alpha value is -2.80. The first-order valence-corrected chi connectivity index (χ1v) is 10.6. The highest BCUT2D eigenvalue weighted by Gasteiger charge is 2.60.